The SMILES string of the molecule is C#CCN(CC1CC1)S(=O)(=O)c1c(CNC)n[nH]c1C. The highest BCUT2D eigenvalue weighted by atomic mass is 32.2. The van der Waals surface area contributed by atoms with E-state index in [4.69, 9.17) is 6.42 Å². The van der Waals surface area contributed by atoms with Crippen LogP contribution in [0.15, 0.2) is 4.90 Å². The predicted molar refractivity (Wildman–Crippen MR) is 76.4 cm³/mol. The molecule has 0 atom stereocenters. The van der Waals surface area contributed by atoms with E-state index in [1.54, 1.807) is 14.0 Å². The summed E-state index contributed by atoms with van der Waals surface area (Å²) in [6, 6.07) is 0. The maximum absolute atomic E-state index is 12.8. The van der Waals surface area contributed by atoms with Crippen molar-refractivity contribution in [1.82, 2.24) is 19.8 Å². The van der Waals surface area contributed by atoms with Crippen molar-refractivity contribution in [1.29, 1.82) is 0 Å². The molecule has 0 radical (unpaired) electrons. The quantitative estimate of drug-likeness (QED) is 0.717. The van der Waals surface area contributed by atoms with Gasteiger partial charge in [0.15, 0.2) is 0 Å². The number of aromatic amines is 1. The second-order valence-electron chi connectivity index (χ2n) is 5.10. The average molecular weight is 296 g/mol. The number of nitrogens with zero attached hydrogens (tertiary/aromatic N) is 2. The van der Waals surface area contributed by atoms with Gasteiger partial charge in [-0.2, -0.15) is 9.40 Å². The Kier molecular flexibility index (Phi) is 4.48. The highest BCUT2D eigenvalue weighted by Crippen LogP contribution is 2.32. The van der Waals surface area contributed by atoms with Gasteiger partial charge in [-0.1, -0.05) is 5.92 Å². The Morgan fingerprint density at radius 3 is 2.80 bits per heavy atom. The zero-order valence-corrected chi connectivity index (χ0v) is 12.6. The Bertz CT molecular complexity index is 611. The number of sulfonamides is 1. The smallest absolute Gasteiger partial charge is 0.247 e. The van der Waals surface area contributed by atoms with Crippen LogP contribution < -0.4 is 5.32 Å². The molecule has 0 unspecified atom stereocenters. The number of hydrogen-bond acceptors (Lipinski definition) is 4. The fourth-order valence-corrected chi connectivity index (χ4v) is 3.92. The van der Waals surface area contributed by atoms with E-state index in [0.29, 0.717) is 30.4 Å². The van der Waals surface area contributed by atoms with Crippen LogP contribution in [-0.4, -0.2) is 43.1 Å². The molecule has 1 aromatic rings. The lowest BCUT2D eigenvalue weighted by Crippen LogP contribution is -2.34. The van der Waals surface area contributed by atoms with Crippen LogP contribution in [0.5, 0.6) is 0 Å². The van der Waals surface area contributed by atoms with Gasteiger partial charge in [-0.05, 0) is 32.7 Å². The normalized spacial score (nSPS) is 15.5. The van der Waals surface area contributed by atoms with Gasteiger partial charge in [0.05, 0.1) is 17.9 Å². The van der Waals surface area contributed by atoms with E-state index in [0.717, 1.165) is 12.8 Å². The standard InChI is InChI=1S/C13H20N4O2S/c1-4-7-17(9-11-5-6-11)20(18,19)13-10(2)15-16-12(13)8-14-3/h1,11,14H,5-9H2,2-3H3,(H,15,16). The molecule has 0 saturated heterocycles. The maximum atomic E-state index is 12.8. The monoisotopic (exact) mass is 296 g/mol. The second kappa shape index (κ2) is 5.95. The number of hydrogen-bond donors (Lipinski definition) is 2. The number of nitrogens with one attached hydrogen (secondary N) is 2. The Hall–Kier alpha value is -1.36. The first-order valence-corrected chi connectivity index (χ1v) is 8.06. The van der Waals surface area contributed by atoms with Gasteiger partial charge < -0.3 is 5.32 Å². The first-order chi connectivity index (χ1) is 9.50. The highest BCUT2D eigenvalue weighted by Gasteiger charge is 2.34. The fourth-order valence-electron chi connectivity index (χ4n) is 2.17. The topological polar surface area (TPSA) is 78.1 Å². The number of aryl methyl sites for hydroxylation is 1. The van der Waals surface area contributed by atoms with Crippen molar-refractivity contribution in [3.05, 3.63) is 11.4 Å². The van der Waals surface area contributed by atoms with E-state index >= 15 is 0 Å². The third-order valence-corrected chi connectivity index (χ3v) is 5.35. The summed E-state index contributed by atoms with van der Waals surface area (Å²) in [5, 5.41) is 9.74. The van der Waals surface area contributed by atoms with Gasteiger partial charge in [0, 0.05) is 13.1 Å². The lowest BCUT2D eigenvalue weighted by Gasteiger charge is -2.20. The maximum Gasteiger partial charge on any atom is 0.247 e. The molecular formula is C13H20N4O2S. The van der Waals surface area contributed by atoms with Crippen molar-refractivity contribution in [2.75, 3.05) is 20.1 Å². The molecule has 0 aromatic carbocycles. The van der Waals surface area contributed by atoms with Crippen molar-refractivity contribution in [3.63, 3.8) is 0 Å². The summed E-state index contributed by atoms with van der Waals surface area (Å²) in [7, 11) is -1.85. The molecule has 6 nitrogen and oxygen atoms in total. The molecule has 7 heteroatoms. The predicted octanol–water partition coefficient (Wildman–Crippen LogP) is 0.471. The van der Waals surface area contributed by atoms with Crippen LogP contribution in [0.1, 0.15) is 24.2 Å². The van der Waals surface area contributed by atoms with Gasteiger partial charge in [-0.25, -0.2) is 8.42 Å². The van der Waals surface area contributed by atoms with Gasteiger partial charge in [-0.15, -0.1) is 6.42 Å². The minimum Gasteiger partial charge on any atom is -0.314 e. The van der Waals surface area contributed by atoms with Crippen LogP contribution in [0.3, 0.4) is 0 Å². The lowest BCUT2D eigenvalue weighted by atomic mass is 10.4. The van der Waals surface area contributed by atoms with E-state index in [1.165, 1.54) is 4.31 Å². The van der Waals surface area contributed by atoms with Crippen LogP contribution >= 0.6 is 0 Å². The third kappa shape index (κ3) is 3.03. The van der Waals surface area contributed by atoms with Gasteiger partial charge in [0.2, 0.25) is 10.0 Å². The number of rotatable bonds is 7. The van der Waals surface area contributed by atoms with E-state index in [1.807, 2.05) is 0 Å². The van der Waals surface area contributed by atoms with Crippen LogP contribution in [0, 0.1) is 25.2 Å². The molecule has 0 spiro atoms. The molecule has 110 valence electrons. The molecule has 1 aromatic heterocycles. The van der Waals surface area contributed by atoms with Gasteiger partial charge in [0.25, 0.3) is 0 Å². The minimum absolute atomic E-state index is 0.0996. The molecule has 1 heterocycles. The van der Waals surface area contributed by atoms with Gasteiger partial charge in [-0.3, -0.25) is 5.10 Å². The molecule has 1 aliphatic rings. The van der Waals surface area contributed by atoms with Crippen molar-refractivity contribution in [3.8, 4) is 12.3 Å². The summed E-state index contributed by atoms with van der Waals surface area (Å²) in [6.45, 7) is 2.70. The Morgan fingerprint density at radius 2 is 2.25 bits per heavy atom. The summed E-state index contributed by atoms with van der Waals surface area (Å²) in [4.78, 5) is 0.253. The lowest BCUT2D eigenvalue weighted by molar-refractivity contribution is 0.429. The largest absolute Gasteiger partial charge is 0.314 e. The summed E-state index contributed by atoms with van der Waals surface area (Å²) in [5.41, 5.74) is 1.05. The molecule has 0 aliphatic heterocycles. The van der Waals surface area contributed by atoms with Crippen LogP contribution in [0.4, 0.5) is 0 Å². The van der Waals surface area contributed by atoms with Crippen molar-refractivity contribution < 1.29 is 8.42 Å². The molecule has 0 amide bonds. The van der Waals surface area contributed by atoms with Crippen molar-refractivity contribution in [2.24, 2.45) is 5.92 Å². The first-order valence-electron chi connectivity index (χ1n) is 6.62. The van der Waals surface area contributed by atoms with Crippen LogP contribution in [0.2, 0.25) is 0 Å². The highest BCUT2D eigenvalue weighted by molar-refractivity contribution is 7.89. The Balaban J connectivity index is 2.36. The molecule has 20 heavy (non-hydrogen) atoms. The number of terminal acetylenes is 1. The van der Waals surface area contributed by atoms with Crippen LogP contribution in [0.25, 0.3) is 0 Å². The molecule has 0 bridgehead atoms. The van der Waals surface area contributed by atoms with Crippen molar-refractivity contribution >= 4 is 10.0 Å². The zero-order chi connectivity index (χ0) is 14.8. The third-order valence-electron chi connectivity index (χ3n) is 3.33. The van der Waals surface area contributed by atoms with E-state index in [9.17, 15) is 8.42 Å². The molecule has 1 saturated carbocycles. The minimum atomic E-state index is -3.60. The molecule has 2 N–H and O–H groups in total. The van der Waals surface area contributed by atoms with E-state index in [2.05, 4.69) is 21.4 Å². The van der Waals surface area contributed by atoms with E-state index in [-0.39, 0.29) is 11.4 Å². The summed E-state index contributed by atoms with van der Waals surface area (Å²) < 4.78 is 27.0. The van der Waals surface area contributed by atoms with Crippen molar-refractivity contribution in [2.45, 2.75) is 31.2 Å². The Morgan fingerprint density at radius 1 is 1.55 bits per heavy atom. The number of H-pyrrole nitrogens is 1. The number of aromatic nitrogens is 2. The Labute approximate surface area is 120 Å². The summed E-state index contributed by atoms with van der Waals surface area (Å²) >= 11 is 0. The summed E-state index contributed by atoms with van der Waals surface area (Å²) in [6.07, 6.45) is 7.47. The zero-order valence-electron chi connectivity index (χ0n) is 11.8. The first kappa shape index (κ1) is 15.0. The van der Waals surface area contributed by atoms with Crippen LogP contribution in [-0.2, 0) is 16.6 Å². The molecule has 2 rings (SSSR count). The van der Waals surface area contributed by atoms with Gasteiger partial charge in [0.1, 0.15) is 4.90 Å². The van der Waals surface area contributed by atoms with Gasteiger partial charge >= 0.3 is 0 Å². The molecular weight excluding hydrogens is 276 g/mol. The summed E-state index contributed by atoms with van der Waals surface area (Å²) in [5.74, 6) is 2.88. The molecule has 1 fully saturated rings. The molecule has 1 aliphatic carbocycles. The average Bonchev–Trinajstić information content (AvgIpc) is 3.12. The second-order valence-corrected chi connectivity index (χ2v) is 6.97. The van der Waals surface area contributed by atoms with E-state index < -0.39 is 10.0 Å². The fraction of sp³-hybridized carbons (Fsp3) is 0.615.